The third-order valence-electron chi connectivity index (χ3n) is 11.9. The summed E-state index contributed by atoms with van der Waals surface area (Å²) in [7, 11) is -4.95. The molecule has 2 aromatic carbocycles. The Hall–Kier alpha value is -5.23. The molecule has 3 aliphatic rings. The van der Waals surface area contributed by atoms with Crippen LogP contribution >= 0.6 is 11.6 Å². The number of carbonyl (C=O) groups excluding carboxylic acids is 1. The van der Waals surface area contributed by atoms with Crippen LogP contribution in [0.5, 0.6) is 17.4 Å². The second kappa shape index (κ2) is 17.7. The third-order valence-corrected chi connectivity index (χ3v) is 13.4. The number of amides is 1. The van der Waals surface area contributed by atoms with E-state index in [2.05, 4.69) is 50.7 Å². The van der Waals surface area contributed by atoms with Gasteiger partial charge in [-0.3, -0.25) is 9.69 Å². The largest absolute Gasteiger partial charge is 0.474 e. The van der Waals surface area contributed by atoms with Gasteiger partial charge in [0.1, 0.15) is 39.9 Å². The highest BCUT2D eigenvalue weighted by Crippen LogP contribution is 2.44. The van der Waals surface area contributed by atoms with Crippen molar-refractivity contribution in [3.8, 4) is 17.4 Å². The Morgan fingerprint density at radius 3 is 2.44 bits per heavy atom. The molecule has 12 nitrogen and oxygen atoms in total. The molecule has 8 rings (SSSR count). The van der Waals surface area contributed by atoms with Crippen LogP contribution in [0, 0.1) is 5.41 Å². The van der Waals surface area contributed by atoms with Gasteiger partial charge in [-0.1, -0.05) is 43.2 Å². The molecule has 0 radical (unpaired) electrons. The maximum atomic E-state index is 15.1. The van der Waals surface area contributed by atoms with Gasteiger partial charge in [-0.15, -0.1) is 0 Å². The third kappa shape index (κ3) is 10.4. The lowest BCUT2D eigenvalue weighted by Crippen LogP contribution is -2.47. The molecule has 2 aliphatic heterocycles. The van der Waals surface area contributed by atoms with Crippen molar-refractivity contribution >= 4 is 49.8 Å². The standard InChI is InChI=1S/C45H47ClF4N6O6S/c1-43(2)11-9-31(37(24-43)29-3-5-32(46)6-4-29)27-55-15-17-56(18-16-55)33-7-8-36(39(22-33)62-34-21-30-10-14-51-40(30)52-25-34)41(57)54-63(58,59)35-23-38(45(48,49)50)42(53-26-35)61-28-44(47)12-19-60-20-13-44/h3-8,10,14,21-23,25-26H,9,11-13,15-20,24,27-28H2,1-2H3,(H,51,52)(H,54,57). The number of hydrogen-bond acceptors (Lipinski definition) is 10. The fourth-order valence-electron chi connectivity index (χ4n) is 8.19. The fraction of sp³-hybridized carbons (Fsp3) is 0.400. The second-order valence-corrected chi connectivity index (χ2v) is 19.2. The van der Waals surface area contributed by atoms with Crippen LogP contribution in [0.4, 0.5) is 23.2 Å². The number of nitrogens with zero attached hydrogens (tertiary/aromatic N) is 4. The number of piperazine rings is 1. The number of H-pyrrole nitrogens is 1. The number of nitrogens with one attached hydrogen (secondary N) is 2. The minimum absolute atomic E-state index is 0.00647. The van der Waals surface area contributed by atoms with Crippen molar-refractivity contribution in [1.82, 2.24) is 24.6 Å². The zero-order valence-corrected chi connectivity index (χ0v) is 36.3. The Labute approximate surface area is 367 Å². The van der Waals surface area contributed by atoms with Gasteiger partial charge in [0.2, 0.25) is 5.88 Å². The molecule has 3 aromatic heterocycles. The molecule has 0 saturated carbocycles. The summed E-state index contributed by atoms with van der Waals surface area (Å²) >= 11 is 6.22. The zero-order valence-electron chi connectivity index (χ0n) is 34.7. The van der Waals surface area contributed by atoms with Crippen LogP contribution in [-0.2, 0) is 20.9 Å². The topological polar surface area (TPSA) is 139 Å². The monoisotopic (exact) mass is 910 g/mol. The predicted octanol–water partition coefficient (Wildman–Crippen LogP) is 9.22. The molecule has 0 bridgehead atoms. The van der Waals surface area contributed by atoms with Crippen molar-refractivity contribution in [2.24, 2.45) is 5.41 Å². The number of halogens is 5. The second-order valence-electron chi connectivity index (χ2n) is 17.1. The number of sulfonamides is 1. The highest BCUT2D eigenvalue weighted by molar-refractivity contribution is 7.90. The summed E-state index contributed by atoms with van der Waals surface area (Å²) < 4.78 is 103. The van der Waals surface area contributed by atoms with Gasteiger partial charge >= 0.3 is 6.18 Å². The first-order valence-corrected chi connectivity index (χ1v) is 22.5. The SMILES string of the molecule is CC1(C)CCC(CN2CCN(c3ccc(C(=O)NS(=O)(=O)c4cnc(OCC5(F)CCOCC5)c(C(F)(F)F)c4)c(Oc4cnc5[nH]ccc5c4)c3)CC2)=C(c2ccc(Cl)cc2)C1. The highest BCUT2D eigenvalue weighted by atomic mass is 35.5. The highest BCUT2D eigenvalue weighted by Gasteiger charge is 2.40. The number of pyridine rings is 2. The van der Waals surface area contributed by atoms with E-state index < -0.39 is 50.7 Å². The number of carbonyl (C=O) groups is 1. The molecule has 1 amide bonds. The average molecular weight is 911 g/mol. The summed E-state index contributed by atoms with van der Waals surface area (Å²) in [5.41, 5.74) is 1.80. The number of ether oxygens (including phenoxy) is 3. The fourth-order valence-corrected chi connectivity index (χ4v) is 9.26. The van der Waals surface area contributed by atoms with Gasteiger partial charge in [-0.25, -0.2) is 27.5 Å². The van der Waals surface area contributed by atoms with Gasteiger partial charge in [-0.2, -0.15) is 13.2 Å². The van der Waals surface area contributed by atoms with E-state index in [-0.39, 0.29) is 48.5 Å². The first kappa shape index (κ1) is 44.4. The normalized spacial score (nSPS) is 18.4. The quantitative estimate of drug-likeness (QED) is 0.117. The lowest BCUT2D eigenvalue weighted by atomic mass is 9.72. The lowest BCUT2D eigenvalue weighted by molar-refractivity contribution is -0.140. The number of aromatic amines is 1. The number of hydrogen-bond donors (Lipinski definition) is 2. The van der Waals surface area contributed by atoms with E-state index in [9.17, 15) is 26.4 Å². The molecule has 2 saturated heterocycles. The van der Waals surface area contributed by atoms with Crippen molar-refractivity contribution in [2.45, 2.75) is 62.7 Å². The summed E-state index contributed by atoms with van der Waals surface area (Å²) in [5.74, 6) is -1.90. The molecule has 2 fully saturated rings. The molecule has 63 heavy (non-hydrogen) atoms. The number of alkyl halides is 4. The summed E-state index contributed by atoms with van der Waals surface area (Å²) in [5, 5.41) is 1.42. The first-order valence-electron chi connectivity index (χ1n) is 20.7. The Balaban J connectivity index is 1.01. The van der Waals surface area contributed by atoms with Crippen LogP contribution in [0.15, 0.2) is 89.7 Å². The van der Waals surface area contributed by atoms with E-state index >= 15 is 4.39 Å². The van der Waals surface area contributed by atoms with E-state index in [0.717, 1.165) is 44.3 Å². The summed E-state index contributed by atoms with van der Waals surface area (Å²) in [6, 6.07) is 16.6. The smallest absolute Gasteiger partial charge is 0.421 e. The van der Waals surface area contributed by atoms with E-state index in [1.807, 2.05) is 16.9 Å². The number of benzene rings is 2. The van der Waals surface area contributed by atoms with Crippen molar-refractivity contribution in [3.05, 3.63) is 107 Å². The molecule has 0 unspecified atom stereocenters. The van der Waals surface area contributed by atoms with Gasteiger partial charge in [0.25, 0.3) is 15.9 Å². The lowest BCUT2D eigenvalue weighted by Gasteiger charge is -2.39. The molecule has 2 N–H and O–H groups in total. The molecule has 5 aromatic rings. The number of fused-ring (bicyclic) bond motifs is 1. The predicted molar refractivity (Wildman–Crippen MR) is 231 cm³/mol. The molecule has 18 heteroatoms. The number of allylic oxidation sites excluding steroid dienone is 1. The van der Waals surface area contributed by atoms with Crippen LogP contribution in [0.25, 0.3) is 16.6 Å². The summed E-state index contributed by atoms with van der Waals surface area (Å²) in [6.45, 7) is 7.68. The average Bonchev–Trinajstić information content (AvgIpc) is 3.72. The minimum atomic E-state index is -5.13. The Morgan fingerprint density at radius 1 is 0.968 bits per heavy atom. The molecule has 0 spiro atoms. The van der Waals surface area contributed by atoms with Crippen LogP contribution in [0.1, 0.15) is 67.4 Å². The number of rotatable bonds is 12. The van der Waals surface area contributed by atoms with Gasteiger partial charge < -0.3 is 24.1 Å². The summed E-state index contributed by atoms with van der Waals surface area (Å²) in [4.78, 5) is 28.4. The molecule has 5 heterocycles. The molecule has 0 atom stereocenters. The minimum Gasteiger partial charge on any atom is -0.474 e. The summed E-state index contributed by atoms with van der Waals surface area (Å²) in [6.07, 6.45) is 1.56. The molecule has 1 aliphatic carbocycles. The Morgan fingerprint density at radius 2 is 1.71 bits per heavy atom. The molecular weight excluding hydrogens is 864 g/mol. The molecule has 334 valence electrons. The Kier molecular flexibility index (Phi) is 12.5. The first-order chi connectivity index (χ1) is 29.9. The van der Waals surface area contributed by atoms with Gasteiger partial charge in [0.15, 0.2) is 0 Å². The Bertz CT molecular complexity index is 2620. The van der Waals surface area contributed by atoms with Crippen LogP contribution in [-0.4, -0.2) is 92.4 Å². The van der Waals surface area contributed by atoms with Gasteiger partial charge in [-0.05, 0) is 78.3 Å². The number of aromatic nitrogens is 3. The number of anilines is 1. The van der Waals surface area contributed by atoms with Crippen LogP contribution < -0.4 is 19.1 Å². The zero-order chi connectivity index (χ0) is 44.6. The van der Waals surface area contributed by atoms with Crippen molar-refractivity contribution in [3.63, 3.8) is 0 Å². The van der Waals surface area contributed by atoms with Crippen molar-refractivity contribution in [1.29, 1.82) is 0 Å². The van der Waals surface area contributed by atoms with Crippen molar-refractivity contribution < 1.29 is 45.0 Å². The van der Waals surface area contributed by atoms with Crippen LogP contribution in [0.2, 0.25) is 5.02 Å². The van der Waals surface area contributed by atoms with E-state index in [1.54, 1.807) is 30.5 Å². The van der Waals surface area contributed by atoms with Crippen molar-refractivity contribution in [2.75, 3.05) is 57.4 Å². The maximum absolute atomic E-state index is 15.1. The van der Waals surface area contributed by atoms with Crippen LogP contribution in [0.3, 0.4) is 0 Å². The van der Waals surface area contributed by atoms with E-state index in [0.29, 0.717) is 41.7 Å². The maximum Gasteiger partial charge on any atom is 0.421 e. The van der Waals surface area contributed by atoms with E-state index in [4.69, 9.17) is 25.8 Å². The van der Waals surface area contributed by atoms with Gasteiger partial charge in [0, 0.05) is 87.1 Å². The van der Waals surface area contributed by atoms with Gasteiger partial charge in [0.05, 0.1) is 18.0 Å². The molecular formula is C45H47ClF4N6O6S. The van der Waals surface area contributed by atoms with E-state index in [1.165, 1.54) is 29.0 Å².